The molecule has 3 aromatic carbocycles. The van der Waals surface area contributed by atoms with Crippen LogP contribution in [0.25, 0.3) is 10.8 Å². The zero-order valence-electron chi connectivity index (χ0n) is 19.9. The van der Waals surface area contributed by atoms with Crippen molar-refractivity contribution >= 4 is 151 Å². The van der Waals surface area contributed by atoms with Crippen LogP contribution in [-0.2, 0) is 40.4 Å². The molecule has 0 saturated heterocycles. The first-order valence-electron chi connectivity index (χ1n) is 8.74. The Morgan fingerprint density at radius 2 is 1.19 bits per heavy atom. The molecule has 3 radical (unpaired) electrons. The van der Waals surface area contributed by atoms with Gasteiger partial charge in [-0.3, -0.25) is 18.4 Å². The molecule has 0 aliphatic carbocycles. The average molecular weight is 622 g/mol. The van der Waals surface area contributed by atoms with Crippen LogP contribution in [0.15, 0.2) is 62.0 Å². The third-order valence-corrected chi connectivity index (χ3v) is 8.63. The number of aryl methyl sites for hydroxylation is 1. The topological polar surface area (TPSA) is 235 Å². The standard InChI is InChI=1S/C17H16N2O11S4.3Na/c1-9-2-4-15(12(18)6-9)31(20,21)19-13-3-5-14(33(25,26)27)11-7-10(32(22,23)24)8-16(17(11)13)34(28,29)30;;;/h2-8,19H,18H2,1H3,(H,22,23,24)(H,25,26,27)(H,28,29,30);;;. The van der Waals surface area contributed by atoms with Crippen LogP contribution in [0.4, 0.5) is 11.4 Å². The average Bonchev–Trinajstić information content (AvgIpc) is 2.64. The fraction of sp³-hybridized carbons (Fsp3) is 0.0588. The number of nitrogens with two attached hydrogens (primary N) is 1. The zero-order valence-corrected chi connectivity index (χ0v) is 29.1. The maximum absolute atomic E-state index is 12.9. The molecule has 0 aliphatic rings. The first kappa shape index (κ1) is 37.2. The Hall–Kier alpha value is 0.200. The molecule has 0 unspecified atom stereocenters. The Morgan fingerprint density at radius 3 is 1.65 bits per heavy atom. The minimum Gasteiger partial charge on any atom is -0.398 e. The van der Waals surface area contributed by atoms with E-state index in [2.05, 4.69) is 0 Å². The molecule has 3 aromatic rings. The molecule has 0 aromatic heterocycles. The number of fused-ring (bicyclic) bond motifs is 1. The smallest absolute Gasteiger partial charge is 0.295 e. The molecule has 0 fully saturated rings. The van der Waals surface area contributed by atoms with Crippen LogP contribution in [0.1, 0.15) is 5.56 Å². The van der Waals surface area contributed by atoms with Crippen LogP contribution < -0.4 is 10.5 Å². The Labute approximate surface area is 279 Å². The van der Waals surface area contributed by atoms with E-state index in [4.69, 9.17) is 5.73 Å². The molecule has 6 N–H and O–H groups in total. The van der Waals surface area contributed by atoms with Crippen molar-refractivity contribution in [1.82, 2.24) is 0 Å². The quantitative estimate of drug-likeness (QED) is 0.140. The van der Waals surface area contributed by atoms with Crippen molar-refractivity contribution in [2.45, 2.75) is 26.5 Å². The predicted molar refractivity (Wildman–Crippen MR) is 137 cm³/mol. The monoisotopic (exact) mass is 621 g/mol. The SMILES string of the molecule is Cc1ccc(S(=O)(=O)Nc2ccc(S(=O)(=O)O)c3cc(S(=O)(=O)O)cc(S(=O)(=O)O)c23)c(N)c1.[Na].[Na].[Na]. The van der Waals surface area contributed by atoms with Gasteiger partial charge in [0.15, 0.2) is 0 Å². The molecule has 0 atom stereocenters. The first-order valence-corrected chi connectivity index (χ1v) is 14.5. The van der Waals surface area contributed by atoms with Gasteiger partial charge < -0.3 is 5.73 Å². The van der Waals surface area contributed by atoms with Gasteiger partial charge in [-0.2, -0.15) is 25.3 Å². The van der Waals surface area contributed by atoms with Crippen LogP contribution in [-0.4, -0.2) is 136 Å². The summed E-state index contributed by atoms with van der Waals surface area (Å²) in [6, 6.07) is 6.13. The van der Waals surface area contributed by atoms with Crippen molar-refractivity contribution in [2.24, 2.45) is 0 Å². The van der Waals surface area contributed by atoms with Gasteiger partial charge in [-0.15, -0.1) is 0 Å². The van der Waals surface area contributed by atoms with Gasteiger partial charge in [-0.1, -0.05) is 6.07 Å². The molecule has 0 bridgehead atoms. The summed E-state index contributed by atoms with van der Waals surface area (Å²) in [6.07, 6.45) is 0. The molecule has 37 heavy (non-hydrogen) atoms. The number of nitrogens with one attached hydrogen (secondary N) is 1. The summed E-state index contributed by atoms with van der Waals surface area (Å²) in [7, 11) is -20.2. The summed E-state index contributed by atoms with van der Waals surface area (Å²) in [5.41, 5.74) is 5.61. The second-order valence-corrected chi connectivity index (χ2v) is 12.9. The molecule has 3 rings (SSSR count). The summed E-state index contributed by atoms with van der Waals surface area (Å²) >= 11 is 0. The molecule has 20 heteroatoms. The Morgan fingerprint density at radius 1 is 0.676 bits per heavy atom. The van der Waals surface area contributed by atoms with Crippen molar-refractivity contribution in [3.63, 3.8) is 0 Å². The van der Waals surface area contributed by atoms with Crippen LogP contribution >= 0.6 is 0 Å². The van der Waals surface area contributed by atoms with Crippen LogP contribution in [0.3, 0.4) is 0 Å². The predicted octanol–water partition coefficient (Wildman–Crippen LogP) is 0.129. The molecule has 0 saturated carbocycles. The maximum atomic E-state index is 12.9. The number of sulfonamides is 1. The van der Waals surface area contributed by atoms with Crippen molar-refractivity contribution in [3.8, 4) is 0 Å². The molecular weight excluding hydrogens is 605 g/mol. The number of anilines is 2. The molecule has 0 aliphatic heterocycles. The molecule has 13 nitrogen and oxygen atoms in total. The van der Waals surface area contributed by atoms with Crippen LogP contribution in [0.2, 0.25) is 0 Å². The number of hydrogen-bond acceptors (Lipinski definition) is 9. The third-order valence-electron chi connectivity index (χ3n) is 4.56. The Kier molecular flexibility index (Phi) is 12.9. The Bertz CT molecular complexity index is 1790. The normalized spacial score (nSPS) is 12.1. The van der Waals surface area contributed by atoms with Crippen LogP contribution in [0, 0.1) is 6.92 Å². The van der Waals surface area contributed by atoms with Gasteiger partial charge >= 0.3 is 0 Å². The van der Waals surface area contributed by atoms with Gasteiger partial charge in [0.2, 0.25) is 0 Å². The fourth-order valence-electron chi connectivity index (χ4n) is 3.17. The second-order valence-electron chi connectivity index (χ2n) is 7.03. The van der Waals surface area contributed by atoms with E-state index in [9.17, 15) is 47.3 Å². The Balaban J connectivity index is 0.00000432. The zero-order chi connectivity index (χ0) is 25.9. The molecule has 0 spiro atoms. The van der Waals surface area contributed by atoms with E-state index in [1.54, 1.807) is 6.92 Å². The minimum atomic E-state index is -5.34. The number of benzene rings is 3. The summed E-state index contributed by atoms with van der Waals surface area (Å²) in [5.74, 6) is 0. The maximum Gasteiger partial charge on any atom is 0.295 e. The van der Waals surface area contributed by atoms with Gasteiger partial charge in [0.05, 0.1) is 16.3 Å². The number of nitrogen functional groups attached to an aromatic ring is 1. The van der Waals surface area contributed by atoms with Gasteiger partial charge in [-0.25, -0.2) is 8.42 Å². The molecule has 187 valence electrons. The van der Waals surface area contributed by atoms with E-state index in [1.807, 2.05) is 4.72 Å². The second kappa shape index (κ2) is 12.8. The van der Waals surface area contributed by atoms with Gasteiger partial charge in [-0.05, 0) is 48.9 Å². The van der Waals surface area contributed by atoms with E-state index in [1.165, 1.54) is 12.1 Å². The number of hydrogen-bond donors (Lipinski definition) is 5. The van der Waals surface area contributed by atoms with E-state index in [0.717, 1.165) is 12.1 Å². The molecular formula is C17H16N2Na3O11S4. The summed E-state index contributed by atoms with van der Waals surface area (Å²) in [6.45, 7) is 1.65. The van der Waals surface area contributed by atoms with Crippen molar-refractivity contribution in [3.05, 3.63) is 48.0 Å². The number of rotatable bonds is 6. The molecule has 0 heterocycles. The van der Waals surface area contributed by atoms with E-state index in [-0.39, 0.29) is 94.4 Å². The van der Waals surface area contributed by atoms with Gasteiger partial charge in [0, 0.05) is 99.4 Å². The summed E-state index contributed by atoms with van der Waals surface area (Å²) in [5, 5.41) is -1.64. The van der Waals surface area contributed by atoms with E-state index in [0.29, 0.717) is 23.8 Å². The van der Waals surface area contributed by atoms with Crippen molar-refractivity contribution < 1.29 is 47.3 Å². The third kappa shape index (κ3) is 8.35. The largest absolute Gasteiger partial charge is 0.398 e. The van der Waals surface area contributed by atoms with Gasteiger partial charge in [0.25, 0.3) is 40.4 Å². The van der Waals surface area contributed by atoms with Crippen LogP contribution in [0.5, 0.6) is 0 Å². The first-order chi connectivity index (χ1) is 15.3. The minimum absolute atomic E-state index is 0. The van der Waals surface area contributed by atoms with Crippen molar-refractivity contribution in [1.29, 1.82) is 0 Å². The van der Waals surface area contributed by atoms with Crippen molar-refractivity contribution in [2.75, 3.05) is 10.5 Å². The van der Waals surface area contributed by atoms with Gasteiger partial charge in [0.1, 0.15) is 14.7 Å². The summed E-state index contributed by atoms with van der Waals surface area (Å²) < 4.78 is 127. The van der Waals surface area contributed by atoms with E-state index < -0.39 is 76.4 Å². The summed E-state index contributed by atoms with van der Waals surface area (Å²) in [4.78, 5) is -3.87. The molecule has 0 amide bonds. The van der Waals surface area contributed by atoms with E-state index >= 15 is 0 Å². The fourth-order valence-corrected chi connectivity index (χ4v) is 6.40.